The Morgan fingerprint density at radius 3 is 1.35 bits per heavy atom. The van der Waals surface area contributed by atoms with Crippen LogP contribution in [0.3, 0.4) is 0 Å². The number of esters is 1. The zero-order chi connectivity index (χ0) is 35.5. The normalized spacial score (nSPS) is 17.7. The van der Waals surface area contributed by atoms with Gasteiger partial charge in [-0.15, -0.1) is 0 Å². The fourth-order valence-electron chi connectivity index (χ4n) is 7.33. The molecule has 0 aromatic heterocycles. The van der Waals surface area contributed by atoms with E-state index < -0.39 is 0 Å². The van der Waals surface area contributed by atoms with Crippen LogP contribution in [0.15, 0.2) is 36.5 Å². The smallest absolute Gasteiger partial charge is 0.309 e. The van der Waals surface area contributed by atoms with Crippen LogP contribution in [0, 0.1) is 5.92 Å². The van der Waals surface area contributed by atoms with E-state index in [0.29, 0.717) is 6.04 Å². The van der Waals surface area contributed by atoms with Gasteiger partial charge < -0.3 is 9.64 Å². The van der Waals surface area contributed by atoms with Crippen LogP contribution < -0.4 is 0 Å². The van der Waals surface area contributed by atoms with Crippen molar-refractivity contribution in [2.45, 2.75) is 231 Å². The van der Waals surface area contributed by atoms with E-state index >= 15 is 0 Å². The van der Waals surface area contributed by atoms with Crippen molar-refractivity contribution < 1.29 is 9.53 Å². The Hall–Kier alpha value is -1.35. The summed E-state index contributed by atoms with van der Waals surface area (Å²) in [7, 11) is 4.34. The zero-order valence-corrected chi connectivity index (χ0v) is 33.6. The molecule has 1 saturated carbocycles. The molecule has 0 aliphatic heterocycles. The molecule has 0 spiro atoms. The summed E-state index contributed by atoms with van der Waals surface area (Å²) < 4.78 is 6.26. The summed E-state index contributed by atoms with van der Waals surface area (Å²) in [6, 6.07) is 0.624. The largest absolute Gasteiger partial charge is 0.462 e. The molecule has 1 fully saturated rings. The van der Waals surface area contributed by atoms with E-state index in [1.165, 1.54) is 161 Å². The molecule has 1 unspecified atom stereocenters. The first kappa shape index (κ1) is 45.7. The second kappa shape index (κ2) is 35.1. The van der Waals surface area contributed by atoms with E-state index in [4.69, 9.17) is 4.74 Å². The van der Waals surface area contributed by atoms with E-state index in [1.54, 1.807) is 0 Å². The van der Waals surface area contributed by atoms with E-state index in [-0.39, 0.29) is 18.0 Å². The van der Waals surface area contributed by atoms with Gasteiger partial charge >= 0.3 is 5.97 Å². The van der Waals surface area contributed by atoms with Crippen LogP contribution in [-0.4, -0.2) is 37.1 Å². The van der Waals surface area contributed by atoms with Crippen molar-refractivity contribution in [1.82, 2.24) is 4.90 Å². The highest BCUT2D eigenvalue weighted by atomic mass is 16.5. The van der Waals surface area contributed by atoms with Gasteiger partial charge in [-0.25, -0.2) is 0 Å². The van der Waals surface area contributed by atoms with Crippen molar-refractivity contribution >= 4 is 5.97 Å². The fraction of sp³-hybridized carbons (Fsp3) is 0.848. The lowest BCUT2D eigenvalue weighted by Crippen LogP contribution is -2.35. The Balaban J connectivity index is 2.21. The molecule has 0 amide bonds. The summed E-state index contributed by atoms with van der Waals surface area (Å²) in [6.07, 6.45) is 54.7. The number of unbranched alkanes of at least 4 members (excludes halogenated alkanes) is 21. The molecule has 1 aliphatic carbocycles. The first-order valence-corrected chi connectivity index (χ1v) is 21.9. The molecular formula is C46H85NO2. The maximum Gasteiger partial charge on any atom is 0.309 e. The molecule has 1 rings (SSSR count). The van der Waals surface area contributed by atoms with Gasteiger partial charge in [-0.2, -0.15) is 0 Å². The predicted molar refractivity (Wildman–Crippen MR) is 217 cm³/mol. The summed E-state index contributed by atoms with van der Waals surface area (Å²) in [5.41, 5.74) is 0. The minimum atomic E-state index is 0.104. The van der Waals surface area contributed by atoms with Crippen LogP contribution in [0.25, 0.3) is 0 Å². The number of carbonyl (C=O) groups is 1. The van der Waals surface area contributed by atoms with Crippen LogP contribution in [0.4, 0.5) is 0 Å². The van der Waals surface area contributed by atoms with Gasteiger partial charge in [-0.05, 0) is 123 Å². The van der Waals surface area contributed by atoms with Crippen molar-refractivity contribution in [3.8, 4) is 0 Å². The Morgan fingerprint density at radius 2 is 0.898 bits per heavy atom. The lowest BCUT2D eigenvalue weighted by atomic mass is 9.85. The quantitative estimate of drug-likeness (QED) is 0.0384. The molecule has 0 aromatic rings. The number of allylic oxidation sites excluding steroid dienone is 6. The Kier molecular flexibility index (Phi) is 32.7. The molecule has 286 valence electrons. The molecule has 3 heteroatoms. The maximum absolute atomic E-state index is 13.2. The van der Waals surface area contributed by atoms with Crippen molar-refractivity contribution in [3.05, 3.63) is 36.5 Å². The predicted octanol–water partition coefficient (Wildman–Crippen LogP) is 14.6. The van der Waals surface area contributed by atoms with E-state index in [0.717, 1.165) is 44.9 Å². The number of rotatable bonds is 34. The number of hydrogen-bond acceptors (Lipinski definition) is 3. The van der Waals surface area contributed by atoms with Crippen LogP contribution in [0.5, 0.6) is 0 Å². The standard InChI is InChI=1S/C46H85NO2/c1-5-7-9-11-13-15-17-19-21-23-25-27-29-31-33-35-37-45(49-46(48)43-39-41-44(42-40-43)47(3)4)38-36-34-32-30-28-26-24-22-20-18-16-14-12-10-8-6-2/h13,15,19-22,43-45H,5-12,14,16-18,23-42H2,1-4H3/b15-13-,21-19-,22-20-. The van der Waals surface area contributed by atoms with Crippen molar-refractivity contribution in [2.75, 3.05) is 14.1 Å². The summed E-state index contributed by atoms with van der Waals surface area (Å²) >= 11 is 0. The molecule has 0 bridgehead atoms. The number of ether oxygens (including phenoxy) is 1. The van der Waals surface area contributed by atoms with Gasteiger partial charge in [0.2, 0.25) is 0 Å². The van der Waals surface area contributed by atoms with E-state index in [2.05, 4.69) is 69.3 Å². The first-order valence-electron chi connectivity index (χ1n) is 21.9. The van der Waals surface area contributed by atoms with Gasteiger partial charge in [0, 0.05) is 6.04 Å². The summed E-state index contributed by atoms with van der Waals surface area (Å²) in [5.74, 6) is 0.223. The highest BCUT2D eigenvalue weighted by molar-refractivity contribution is 5.72. The second-order valence-electron chi connectivity index (χ2n) is 15.6. The summed E-state index contributed by atoms with van der Waals surface area (Å²) in [5, 5.41) is 0. The van der Waals surface area contributed by atoms with Gasteiger partial charge in [0.25, 0.3) is 0 Å². The van der Waals surface area contributed by atoms with Crippen molar-refractivity contribution in [3.63, 3.8) is 0 Å². The molecule has 3 nitrogen and oxygen atoms in total. The molecule has 1 aliphatic rings. The van der Waals surface area contributed by atoms with Crippen molar-refractivity contribution in [2.24, 2.45) is 5.92 Å². The van der Waals surface area contributed by atoms with Crippen LogP contribution in [0.1, 0.15) is 219 Å². The zero-order valence-electron chi connectivity index (χ0n) is 33.6. The topological polar surface area (TPSA) is 29.5 Å². The average Bonchev–Trinajstić information content (AvgIpc) is 3.11. The minimum absolute atomic E-state index is 0.104. The van der Waals surface area contributed by atoms with Gasteiger partial charge in [-0.1, -0.05) is 147 Å². The first-order chi connectivity index (χ1) is 24.1. The molecule has 0 aromatic carbocycles. The number of hydrogen-bond donors (Lipinski definition) is 0. The second-order valence-corrected chi connectivity index (χ2v) is 15.6. The lowest BCUT2D eigenvalue weighted by Gasteiger charge is -2.32. The van der Waals surface area contributed by atoms with Crippen LogP contribution in [0.2, 0.25) is 0 Å². The van der Waals surface area contributed by atoms with Crippen LogP contribution >= 0.6 is 0 Å². The minimum Gasteiger partial charge on any atom is -0.462 e. The third kappa shape index (κ3) is 29.0. The lowest BCUT2D eigenvalue weighted by molar-refractivity contribution is -0.156. The Labute approximate surface area is 307 Å². The highest BCUT2D eigenvalue weighted by Gasteiger charge is 2.29. The SMILES string of the molecule is CCCCC/C=C\C/C=C\CCCCCCCCC(CCCCCCCC/C=C\CCCCCCCC)OC(=O)C1CCC(N(C)C)CC1. The molecule has 0 radical (unpaired) electrons. The molecule has 0 saturated heterocycles. The van der Waals surface area contributed by atoms with Gasteiger partial charge in [0.05, 0.1) is 5.92 Å². The average molecular weight is 684 g/mol. The molecule has 49 heavy (non-hydrogen) atoms. The molecule has 1 atom stereocenters. The van der Waals surface area contributed by atoms with Gasteiger partial charge in [0.15, 0.2) is 0 Å². The highest BCUT2D eigenvalue weighted by Crippen LogP contribution is 2.29. The maximum atomic E-state index is 13.2. The monoisotopic (exact) mass is 684 g/mol. The molecular weight excluding hydrogens is 599 g/mol. The third-order valence-corrected chi connectivity index (χ3v) is 10.8. The summed E-state index contributed by atoms with van der Waals surface area (Å²) in [6.45, 7) is 4.55. The van der Waals surface area contributed by atoms with Crippen molar-refractivity contribution in [1.29, 1.82) is 0 Å². The van der Waals surface area contributed by atoms with E-state index in [1.807, 2.05) is 0 Å². The Bertz CT molecular complexity index is 791. The number of carbonyl (C=O) groups excluding carboxylic acids is 1. The van der Waals surface area contributed by atoms with Crippen LogP contribution in [-0.2, 0) is 9.53 Å². The molecule has 0 N–H and O–H groups in total. The number of nitrogens with zero attached hydrogens (tertiary/aromatic N) is 1. The fourth-order valence-corrected chi connectivity index (χ4v) is 7.33. The third-order valence-electron chi connectivity index (χ3n) is 10.8. The van der Waals surface area contributed by atoms with Gasteiger partial charge in [-0.3, -0.25) is 4.79 Å². The summed E-state index contributed by atoms with van der Waals surface area (Å²) in [4.78, 5) is 15.5. The van der Waals surface area contributed by atoms with Gasteiger partial charge in [0.1, 0.15) is 6.10 Å². The van der Waals surface area contributed by atoms with E-state index in [9.17, 15) is 4.79 Å². The Morgan fingerprint density at radius 1 is 0.531 bits per heavy atom. The molecule has 0 heterocycles.